The summed E-state index contributed by atoms with van der Waals surface area (Å²) in [5.41, 5.74) is 0.963. The topological polar surface area (TPSA) is 17.1 Å². The average Bonchev–Trinajstić information content (AvgIpc) is 1.85. The Kier molecular flexibility index (Phi) is 4.01. The number of allylic oxidation sites excluding steroid dienone is 1. The number of Topliss-reactive ketones (excluding diaryl/α,β-unsaturated/α-hetero) is 1. The van der Waals surface area contributed by atoms with Gasteiger partial charge in [0.05, 0.1) is 0 Å². The summed E-state index contributed by atoms with van der Waals surface area (Å²) >= 11 is 0. The van der Waals surface area contributed by atoms with Crippen LogP contribution in [0.25, 0.3) is 0 Å². The third-order valence-corrected chi connectivity index (χ3v) is 1.64. The van der Waals surface area contributed by atoms with Crippen LogP contribution in [0.5, 0.6) is 0 Å². The molecule has 0 aromatic rings. The Morgan fingerprint density at radius 2 is 2.10 bits per heavy atom. The third kappa shape index (κ3) is 3.44. The number of rotatable bonds is 4. The number of hydrogen-bond acceptors (Lipinski definition) is 1. The predicted octanol–water partition coefficient (Wildman–Crippen LogP) is 2.57. The molecule has 0 saturated carbocycles. The van der Waals surface area contributed by atoms with Crippen molar-refractivity contribution >= 4 is 5.78 Å². The summed E-state index contributed by atoms with van der Waals surface area (Å²) < 4.78 is 0. The first kappa shape index (κ1) is 9.41. The van der Waals surface area contributed by atoms with Crippen LogP contribution >= 0.6 is 0 Å². The molecule has 1 unspecified atom stereocenters. The van der Waals surface area contributed by atoms with Crippen molar-refractivity contribution in [3.8, 4) is 0 Å². The molecule has 1 atom stereocenters. The summed E-state index contributed by atoms with van der Waals surface area (Å²) in [4.78, 5) is 11.1. The van der Waals surface area contributed by atoms with Crippen LogP contribution < -0.4 is 0 Å². The number of carbonyl (C=O) groups is 1. The van der Waals surface area contributed by atoms with Crippen LogP contribution in [0.1, 0.15) is 33.6 Å². The van der Waals surface area contributed by atoms with Crippen molar-refractivity contribution in [3.63, 3.8) is 0 Å². The van der Waals surface area contributed by atoms with Crippen LogP contribution in [0.2, 0.25) is 0 Å². The van der Waals surface area contributed by atoms with Gasteiger partial charge in [-0.25, -0.2) is 0 Å². The predicted molar refractivity (Wildman–Crippen MR) is 43.9 cm³/mol. The normalized spacial score (nSPS) is 12.7. The molecular weight excluding hydrogens is 124 g/mol. The Labute approximate surface area is 63.1 Å². The molecule has 0 N–H and O–H groups in total. The van der Waals surface area contributed by atoms with Gasteiger partial charge in [-0.15, -0.1) is 0 Å². The van der Waals surface area contributed by atoms with Crippen LogP contribution in [0.3, 0.4) is 0 Å². The van der Waals surface area contributed by atoms with Gasteiger partial charge in [-0.05, 0) is 13.3 Å². The van der Waals surface area contributed by atoms with Gasteiger partial charge in [-0.1, -0.05) is 26.0 Å². The maximum absolute atomic E-state index is 11.1. The van der Waals surface area contributed by atoms with E-state index in [1.165, 1.54) is 0 Å². The van der Waals surface area contributed by atoms with E-state index in [9.17, 15) is 4.79 Å². The molecule has 0 aliphatic heterocycles. The highest BCUT2D eigenvalue weighted by atomic mass is 16.1. The first-order chi connectivity index (χ1) is 4.57. The van der Waals surface area contributed by atoms with E-state index < -0.39 is 0 Å². The second-order valence-electron chi connectivity index (χ2n) is 2.91. The summed E-state index contributed by atoms with van der Waals surface area (Å²) in [5, 5.41) is 0. The molecule has 0 aromatic heterocycles. The Bertz CT molecular complexity index is 136. The maximum Gasteiger partial charge on any atom is 0.139 e. The Balaban J connectivity index is 3.73. The summed E-state index contributed by atoms with van der Waals surface area (Å²) in [6.07, 6.45) is 1.49. The molecule has 0 aromatic carbocycles. The number of hydrogen-bond donors (Lipinski definition) is 0. The van der Waals surface area contributed by atoms with Crippen molar-refractivity contribution in [1.29, 1.82) is 0 Å². The van der Waals surface area contributed by atoms with Crippen LogP contribution in [0.15, 0.2) is 12.2 Å². The second kappa shape index (κ2) is 4.26. The second-order valence-corrected chi connectivity index (χ2v) is 2.91. The average molecular weight is 140 g/mol. The van der Waals surface area contributed by atoms with Crippen molar-refractivity contribution in [2.75, 3.05) is 0 Å². The summed E-state index contributed by atoms with van der Waals surface area (Å²) in [5.74, 6) is 0.520. The summed E-state index contributed by atoms with van der Waals surface area (Å²) in [6.45, 7) is 9.57. The van der Waals surface area contributed by atoms with Gasteiger partial charge < -0.3 is 0 Å². The Morgan fingerprint density at radius 1 is 1.60 bits per heavy atom. The SMILES string of the molecule is C=C(C)CC(=O)C(C)CC. The summed E-state index contributed by atoms with van der Waals surface area (Å²) in [6, 6.07) is 0. The minimum atomic E-state index is 0.205. The quantitative estimate of drug-likeness (QED) is 0.548. The fourth-order valence-electron chi connectivity index (χ4n) is 0.699. The molecule has 0 bridgehead atoms. The van der Waals surface area contributed by atoms with Gasteiger partial charge in [0.1, 0.15) is 5.78 Å². The molecule has 0 aliphatic rings. The Hall–Kier alpha value is -0.590. The molecule has 0 radical (unpaired) electrons. The van der Waals surface area contributed by atoms with E-state index in [2.05, 4.69) is 6.58 Å². The van der Waals surface area contributed by atoms with Crippen molar-refractivity contribution in [3.05, 3.63) is 12.2 Å². The van der Waals surface area contributed by atoms with E-state index in [1.807, 2.05) is 20.8 Å². The van der Waals surface area contributed by atoms with Crippen LogP contribution in [0.4, 0.5) is 0 Å². The van der Waals surface area contributed by atoms with Gasteiger partial charge in [-0.2, -0.15) is 0 Å². The first-order valence-electron chi connectivity index (χ1n) is 3.75. The van der Waals surface area contributed by atoms with Crippen LogP contribution in [-0.2, 0) is 4.79 Å². The molecule has 0 heterocycles. The van der Waals surface area contributed by atoms with Gasteiger partial charge in [0, 0.05) is 12.3 Å². The lowest BCUT2D eigenvalue weighted by Gasteiger charge is -2.05. The lowest BCUT2D eigenvalue weighted by molar-refractivity contribution is -0.121. The number of ketones is 1. The van der Waals surface area contributed by atoms with Gasteiger partial charge >= 0.3 is 0 Å². The molecule has 1 heteroatoms. The van der Waals surface area contributed by atoms with E-state index in [4.69, 9.17) is 0 Å². The highest BCUT2D eigenvalue weighted by Gasteiger charge is 2.09. The van der Waals surface area contributed by atoms with Crippen molar-refractivity contribution < 1.29 is 4.79 Å². The largest absolute Gasteiger partial charge is 0.299 e. The molecule has 10 heavy (non-hydrogen) atoms. The van der Waals surface area contributed by atoms with Gasteiger partial charge in [0.25, 0.3) is 0 Å². The van der Waals surface area contributed by atoms with Crippen molar-refractivity contribution in [1.82, 2.24) is 0 Å². The summed E-state index contributed by atoms with van der Waals surface area (Å²) in [7, 11) is 0. The van der Waals surface area contributed by atoms with E-state index in [0.29, 0.717) is 12.2 Å². The zero-order valence-electron chi connectivity index (χ0n) is 7.11. The maximum atomic E-state index is 11.1. The zero-order valence-corrected chi connectivity index (χ0v) is 7.11. The van der Waals surface area contributed by atoms with Gasteiger partial charge in [-0.3, -0.25) is 4.79 Å². The van der Waals surface area contributed by atoms with Crippen molar-refractivity contribution in [2.24, 2.45) is 5.92 Å². The lowest BCUT2D eigenvalue weighted by atomic mass is 9.99. The highest BCUT2D eigenvalue weighted by Crippen LogP contribution is 2.08. The first-order valence-corrected chi connectivity index (χ1v) is 3.75. The third-order valence-electron chi connectivity index (χ3n) is 1.64. The fraction of sp³-hybridized carbons (Fsp3) is 0.667. The molecule has 0 rings (SSSR count). The van der Waals surface area contributed by atoms with E-state index in [0.717, 1.165) is 12.0 Å². The molecule has 58 valence electrons. The molecule has 0 spiro atoms. The smallest absolute Gasteiger partial charge is 0.139 e. The van der Waals surface area contributed by atoms with E-state index in [-0.39, 0.29) is 5.92 Å². The molecule has 0 saturated heterocycles. The van der Waals surface area contributed by atoms with Gasteiger partial charge in [0.15, 0.2) is 0 Å². The highest BCUT2D eigenvalue weighted by molar-refractivity contribution is 5.82. The minimum absolute atomic E-state index is 0.205. The standard InChI is InChI=1S/C9H16O/c1-5-8(4)9(10)6-7(2)3/h8H,2,5-6H2,1,3-4H3. The minimum Gasteiger partial charge on any atom is -0.299 e. The van der Waals surface area contributed by atoms with Crippen LogP contribution in [-0.4, -0.2) is 5.78 Å². The zero-order chi connectivity index (χ0) is 8.15. The Morgan fingerprint density at radius 3 is 2.40 bits per heavy atom. The molecular formula is C9H16O. The molecule has 1 nitrogen and oxygen atoms in total. The van der Waals surface area contributed by atoms with E-state index >= 15 is 0 Å². The molecule has 0 amide bonds. The fourth-order valence-corrected chi connectivity index (χ4v) is 0.699. The monoisotopic (exact) mass is 140 g/mol. The molecule has 0 fully saturated rings. The van der Waals surface area contributed by atoms with Crippen LogP contribution in [0, 0.1) is 5.92 Å². The van der Waals surface area contributed by atoms with Crippen molar-refractivity contribution in [2.45, 2.75) is 33.6 Å². The van der Waals surface area contributed by atoms with Gasteiger partial charge in [0.2, 0.25) is 0 Å². The molecule has 0 aliphatic carbocycles. The lowest BCUT2D eigenvalue weighted by Crippen LogP contribution is -2.09. The van der Waals surface area contributed by atoms with E-state index in [1.54, 1.807) is 0 Å². The number of carbonyl (C=O) groups excluding carboxylic acids is 1.